The number of hydrogen-bond acceptors (Lipinski definition) is 5. The van der Waals surface area contributed by atoms with Gasteiger partial charge in [-0.15, -0.1) is 11.3 Å². The van der Waals surface area contributed by atoms with Crippen LogP contribution in [0.15, 0.2) is 41.2 Å². The Labute approximate surface area is 173 Å². The summed E-state index contributed by atoms with van der Waals surface area (Å²) >= 11 is 1.37. The summed E-state index contributed by atoms with van der Waals surface area (Å²) in [4.78, 5) is 26.0. The fourth-order valence-corrected chi connectivity index (χ4v) is 3.51. The smallest absolute Gasteiger partial charge is 0.162 e. The maximum Gasteiger partial charge on any atom is 0.162 e. The second kappa shape index (κ2) is 12.1. The Balaban J connectivity index is 0.00000190. The number of anilines is 1. The molecule has 0 spiro atoms. The lowest BCUT2D eigenvalue weighted by atomic mass is 10.2. The number of nitrogens with zero attached hydrogens (tertiary/aromatic N) is 4. The molecule has 0 aliphatic heterocycles. The summed E-state index contributed by atoms with van der Waals surface area (Å²) in [6.07, 6.45) is 12.8. The molecule has 0 amide bonds. The number of carbonyl (C=O) groups excluding carboxylic acids is 1. The molecule has 0 saturated carbocycles. The number of allylic oxidation sites excluding steroid dienone is 3. The molecule has 0 fully saturated rings. The third-order valence-corrected chi connectivity index (χ3v) is 4.98. The van der Waals surface area contributed by atoms with Crippen LogP contribution in [-0.4, -0.2) is 43.7 Å². The Morgan fingerprint density at radius 3 is 2.57 bits per heavy atom. The van der Waals surface area contributed by atoms with E-state index < -0.39 is 0 Å². The van der Waals surface area contributed by atoms with Crippen LogP contribution >= 0.6 is 11.3 Å². The minimum atomic E-state index is 0.593. The third kappa shape index (κ3) is 5.76. The quantitative estimate of drug-likeness (QED) is 0.234. The molecule has 0 N–H and O–H groups in total. The highest BCUT2D eigenvalue weighted by molar-refractivity contribution is 7.21. The Morgan fingerprint density at radius 2 is 2.00 bits per heavy atom. The van der Waals surface area contributed by atoms with Crippen molar-refractivity contribution in [2.24, 2.45) is 4.99 Å². The molecule has 2 rings (SSSR count). The van der Waals surface area contributed by atoms with Crippen molar-refractivity contribution in [3.8, 4) is 0 Å². The van der Waals surface area contributed by atoms with E-state index >= 15 is 0 Å². The lowest BCUT2D eigenvalue weighted by Crippen LogP contribution is -2.13. The number of pyridine rings is 1. The van der Waals surface area contributed by atoms with Gasteiger partial charge >= 0.3 is 0 Å². The summed E-state index contributed by atoms with van der Waals surface area (Å²) in [5.41, 5.74) is 2.74. The first-order valence-corrected chi connectivity index (χ1v) is 10.5. The van der Waals surface area contributed by atoms with E-state index in [-0.39, 0.29) is 0 Å². The van der Waals surface area contributed by atoms with E-state index in [1.807, 2.05) is 63.9 Å². The first-order valence-electron chi connectivity index (χ1n) is 9.67. The molecule has 0 atom stereocenters. The molecule has 2 aromatic rings. The number of likely N-dealkylation sites (N-methyl/N-ethyl adjacent to an activating group) is 1. The van der Waals surface area contributed by atoms with Crippen molar-refractivity contribution in [3.05, 3.63) is 41.1 Å². The Hall–Kier alpha value is -2.47. The Morgan fingerprint density at radius 1 is 1.29 bits per heavy atom. The second-order valence-electron chi connectivity index (χ2n) is 6.10. The van der Waals surface area contributed by atoms with Gasteiger partial charge in [0.05, 0.1) is 28.0 Å². The number of rotatable bonds is 8. The van der Waals surface area contributed by atoms with Crippen LogP contribution < -0.4 is 4.90 Å². The van der Waals surface area contributed by atoms with Gasteiger partial charge in [0.1, 0.15) is 4.83 Å². The molecule has 2 heterocycles. The zero-order valence-corrected chi connectivity index (χ0v) is 18.9. The molecule has 0 aliphatic carbocycles. The molecular weight excluding hydrogens is 368 g/mol. The standard InChI is InChI=1S/C20H26N4OS.C2H6/c1-6-8-9-10-15(7-2)24(5)14-22-19-17(13-25)26-20-18(19)16(23(3)4)11-12-21-20;1-2/h7,9-14H,6,8H2,1-5H3;1-2H3/b10-9-,15-7+,22-14?;. The Bertz CT molecular complexity index is 850. The molecule has 0 unspecified atom stereocenters. The molecule has 6 heteroatoms. The van der Waals surface area contributed by atoms with Gasteiger partial charge < -0.3 is 9.80 Å². The number of hydrogen-bond donors (Lipinski definition) is 0. The van der Waals surface area contributed by atoms with Gasteiger partial charge in [-0.25, -0.2) is 9.98 Å². The van der Waals surface area contributed by atoms with Crippen molar-refractivity contribution in [2.45, 2.75) is 40.5 Å². The minimum absolute atomic E-state index is 0.593. The van der Waals surface area contributed by atoms with E-state index in [0.29, 0.717) is 10.6 Å². The number of aldehydes is 1. The zero-order valence-electron chi connectivity index (χ0n) is 18.1. The van der Waals surface area contributed by atoms with E-state index in [2.05, 4.69) is 29.1 Å². The van der Waals surface area contributed by atoms with Crippen molar-refractivity contribution < 1.29 is 4.79 Å². The van der Waals surface area contributed by atoms with Crippen LogP contribution in [0, 0.1) is 0 Å². The summed E-state index contributed by atoms with van der Waals surface area (Å²) in [6.45, 7) is 8.16. The van der Waals surface area contributed by atoms with Crippen LogP contribution in [0.3, 0.4) is 0 Å². The highest BCUT2D eigenvalue weighted by Crippen LogP contribution is 2.40. The maximum atomic E-state index is 11.5. The molecule has 0 saturated heterocycles. The summed E-state index contributed by atoms with van der Waals surface area (Å²) in [7, 11) is 5.90. The fraction of sp³-hybridized carbons (Fsp3) is 0.409. The first-order chi connectivity index (χ1) is 13.5. The average molecular weight is 401 g/mol. The highest BCUT2D eigenvalue weighted by Gasteiger charge is 2.16. The van der Waals surface area contributed by atoms with Crippen LogP contribution in [0.25, 0.3) is 10.2 Å². The number of aliphatic imine (C=N–C) groups is 1. The van der Waals surface area contributed by atoms with Crippen molar-refractivity contribution in [2.75, 3.05) is 26.0 Å². The number of carbonyl (C=O) groups is 1. The van der Waals surface area contributed by atoms with Crippen LogP contribution in [0.4, 0.5) is 11.4 Å². The first kappa shape index (κ1) is 23.6. The van der Waals surface area contributed by atoms with Gasteiger partial charge in [-0.05, 0) is 25.5 Å². The second-order valence-corrected chi connectivity index (χ2v) is 7.13. The predicted octanol–water partition coefficient (Wildman–Crippen LogP) is 6.05. The average Bonchev–Trinajstić information content (AvgIpc) is 3.08. The van der Waals surface area contributed by atoms with Crippen molar-refractivity contribution in [1.29, 1.82) is 0 Å². The molecular formula is C22H32N4OS. The minimum Gasteiger partial charge on any atom is -0.377 e. The fourth-order valence-electron chi connectivity index (χ4n) is 2.59. The molecule has 5 nitrogen and oxygen atoms in total. The summed E-state index contributed by atoms with van der Waals surface area (Å²) in [5.74, 6) is 0. The van der Waals surface area contributed by atoms with Gasteiger partial charge in [0, 0.05) is 33.0 Å². The van der Waals surface area contributed by atoms with E-state index in [9.17, 15) is 4.79 Å². The van der Waals surface area contributed by atoms with Crippen molar-refractivity contribution in [3.63, 3.8) is 0 Å². The van der Waals surface area contributed by atoms with Crippen LogP contribution in [0.5, 0.6) is 0 Å². The summed E-state index contributed by atoms with van der Waals surface area (Å²) in [5, 5.41) is 0.915. The highest BCUT2D eigenvalue weighted by atomic mass is 32.1. The topological polar surface area (TPSA) is 48.8 Å². The van der Waals surface area contributed by atoms with Gasteiger partial charge in [0.15, 0.2) is 6.29 Å². The molecule has 2 aromatic heterocycles. The van der Waals surface area contributed by atoms with E-state index in [1.165, 1.54) is 11.3 Å². The number of unbranched alkanes of at least 4 members (excludes halogenated alkanes) is 1. The molecule has 0 radical (unpaired) electrons. The molecule has 152 valence electrons. The van der Waals surface area contributed by atoms with E-state index in [0.717, 1.165) is 40.7 Å². The summed E-state index contributed by atoms with van der Waals surface area (Å²) < 4.78 is 0. The molecule has 28 heavy (non-hydrogen) atoms. The lowest BCUT2D eigenvalue weighted by molar-refractivity contribution is 0.112. The maximum absolute atomic E-state index is 11.5. The number of thiophene rings is 1. The van der Waals surface area contributed by atoms with Crippen LogP contribution in [0.1, 0.15) is 50.2 Å². The van der Waals surface area contributed by atoms with Crippen molar-refractivity contribution in [1.82, 2.24) is 9.88 Å². The van der Waals surface area contributed by atoms with Gasteiger partial charge in [-0.2, -0.15) is 0 Å². The number of fused-ring (bicyclic) bond motifs is 1. The third-order valence-electron chi connectivity index (χ3n) is 3.97. The largest absolute Gasteiger partial charge is 0.377 e. The Kier molecular flexibility index (Phi) is 10.2. The van der Waals surface area contributed by atoms with Crippen LogP contribution in [0.2, 0.25) is 0 Å². The zero-order chi connectivity index (χ0) is 21.1. The van der Waals surface area contributed by atoms with Gasteiger partial charge in [-0.3, -0.25) is 4.79 Å². The monoisotopic (exact) mass is 400 g/mol. The van der Waals surface area contributed by atoms with Gasteiger partial charge in [0.25, 0.3) is 0 Å². The SMILES string of the molecule is C/C=C(\C=C/CCC)N(C)C=Nc1c(C=O)sc2nccc(N(C)C)c12.CC. The molecule has 0 aliphatic rings. The van der Waals surface area contributed by atoms with Gasteiger partial charge in [0.2, 0.25) is 0 Å². The number of aromatic nitrogens is 1. The molecule has 0 aromatic carbocycles. The normalized spacial score (nSPS) is 11.8. The molecule has 0 bridgehead atoms. The summed E-state index contributed by atoms with van der Waals surface area (Å²) in [6, 6.07) is 1.94. The van der Waals surface area contributed by atoms with Gasteiger partial charge in [-0.1, -0.05) is 39.3 Å². The predicted molar refractivity (Wildman–Crippen MR) is 124 cm³/mol. The van der Waals surface area contributed by atoms with E-state index in [4.69, 9.17) is 0 Å². The van der Waals surface area contributed by atoms with Crippen LogP contribution in [-0.2, 0) is 0 Å². The lowest BCUT2D eigenvalue weighted by Gasteiger charge is -2.15. The van der Waals surface area contributed by atoms with Crippen molar-refractivity contribution >= 4 is 45.6 Å². The van der Waals surface area contributed by atoms with E-state index in [1.54, 1.807) is 12.5 Å².